The van der Waals surface area contributed by atoms with Crippen LogP contribution in [0.15, 0.2) is 30.3 Å². The van der Waals surface area contributed by atoms with Crippen molar-refractivity contribution in [1.82, 2.24) is 9.78 Å². The molecule has 5 nitrogen and oxygen atoms in total. The molecule has 0 aliphatic carbocycles. The molecule has 0 bridgehead atoms. The Bertz CT molecular complexity index is 724. The minimum Gasteiger partial charge on any atom is -0.507 e. The topological polar surface area (TPSA) is 67.2 Å². The number of nitrogens with one attached hydrogen (secondary N) is 1. The van der Waals surface area contributed by atoms with Crippen molar-refractivity contribution in [2.24, 2.45) is 5.92 Å². The summed E-state index contributed by atoms with van der Waals surface area (Å²) in [5, 5.41) is 15.7. The molecular weight excluding hydrogens is 323 g/mol. The van der Waals surface area contributed by atoms with E-state index in [1.54, 1.807) is 0 Å². The second kappa shape index (κ2) is 6.94. The lowest BCUT2D eigenvalue weighted by molar-refractivity contribution is -0.144. The van der Waals surface area contributed by atoms with Crippen LogP contribution in [0.5, 0.6) is 5.75 Å². The fourth-order valence-electron chi connectivity index (χ4n) is 2.11. The summed E-state index contributed by atoms with van der Waals surface area (Å²) in [7, 11) is 0. The number of hydrogen-bond donors (Lipinski definition) is 2. The molecular formula is C16H18F3N3O2. The van der Waals surface area contributed by atoms with Gasteiger partial charge in [-0.05, 0) is 24.5 Å². The number of phenolic OH excluding ortho intramolecular Hbond substituents is 1. The van der Waals surface area contributed by atoms with E-state index in [1.807, 2.05) is 13.8 Å². The third kappa shape index (κ3) is 4.27. The molecule has 2 aromatic rings. The number of aromatic hydroxyl groups is 1. The molecule has 2 rings (SSSR count). The van der Waals surface area contributed by atoms with Crippen molar-refractivity contribution in [2.75, 3.05) is 5.32 Å². The van der Waals surface area contributed by atoms with E-state index in [4.69, 9.17) is 0 Å². The van der Waals surface area contributed by atoms with Gasteiger partial charge in [0.1, 0.15) is 11.4 Å². The number of hydrogen-bond acceptors (Lipinski definition) is 3. The molecule has 0 aliphatic heterocycles. The lowest BCUT2D eigenvalue weighted by Crippen LogP contribution is -2.16. The molecule has 8 heteroatoms. The first-order chi connectivity index (χ1) is 11.2. The van der Waals surface area contributed by atoms with Gasteiger partial charge in [0.2, 0.25) is 0 Å². The minimum absolute atomic E-state index is 0.0391. The number of rotatable bonds is 5. The van der Waals surface area contributed by atoms with Crippen molar-refractivity contribution in [2.45, 2.75) is 33.0 Å². The first-order valence-corrected chi connectivity index (χ1v) is 7.43. The first-order valence-electron chi connectivity index (χ1n) is 7.43. The van der Waals surface area contributed by atoms with E-state index in [0.717, 1.165) is 10.7 Å². The fraction of sp³-hybridized carbons (Fsp3) is 0.375. The van der Waals surface area contributed by atoms with Crippen LogP contribution in [0, 0.1) is 5.92 Å². The molecule has 130 valence electrons. The monoisotopic (exact) mass is 341 g/mol. The van der Waals surface area contributed by atoms with Crippen LogP contribution in [-0.2, 0) is 12.7 Å². The number of amides is 1. The Balaban J connectivity index is 2.24. The fourth-order valence-corrected chi connectivity index (χ4v) is 2.11. The molecule has 0 unspecified atom stereocenters. The number of aromatic nitrogens is 2. The van der Waals surface area contributed by atoms with Crippen LogP contribution in [0.25, 0.3) is 0 Å². The molecule has 1 amide bonds. The summed E-state index contributed by atoms with van der Waals surface area (Å²) >= 11 is 0. The highest BCUT2D eigenvalue weighted by Crippen LogP contribution is 2.31. The predicted octanol–water partition coefficient (Wildman–Crippen LogP) is 3.91. The summed E-state index contributed by atoms with van der Waals surface area (Å²) in [4.78, 5) is 12.1. The van der Waals surface area contributed by atoms with E-state index in [-0.39, 0.29) is 29.6 Å². The zero-order valence-electron chi connectivity index (χ0n) is 13.3. The summed E-state index contributed by atoms with van der Waals surface area (Å²) < 4.78 is 40.1. The molecule has 0 saturated carbocycles. The smallest absolute Gasteiger partial charge is 0.433 e. The van der Waals surface area contributed by atoms with Gasteiger partial charge >= 0.3 is 6.18 Å². The Morgan fingerprint density at radius 1 is 1.33 bits per heavy atom. The zero-order chi connectivity index (χ0) is 17.9. The van der Waals surface area contributed by atoms with E-state index in [1.165, 1.54) is 24.3 Å². The number of anilines is 1. The summed E-state index contributed by atoms with van der Waals surface area (Å²) in [6.07, 6.45) is -4.04. The van der Waals surface area contributed by atoms with Gasteiger partial charge < -0.3 is 10.4 Å². The summed E-state index contributed by atoms with van der Waals surface area (Å²) in [6.45, 7) is 3.90. The zero-order valence-corrected chi connectivity index (χ0v) is 13.3. The van der Waals surface area contributed by atoms with Crippen molar-refractivity contribution in [3.63, 3.8) is 0 Å². The predicted molar refractivity (Wildman–Crippen MR) is 82.7 cm³/mol. The minimum atomic E-state index is -4.57. The van der Waals surface area contributed by atoms with E-state index in [0.29, 0.717) is 6.42 Å². The lowest BCUT2D eigenvalue weighted by atomic mass is 10.1. The van der Waals surface area contributed by atoms with Crippen molar-refractivity contribution in [3.05, 3.63) is 41.6 Å². The summed E-state index contributed by atoms with van der Waals surface area (Å²) in [6, 6.07) is 6.55. The molecule has 1 heterocycles. The molecule has 24 heavy (non-hydrogen) atoms. The Hall–Kier alpha value is -2.51. The normalized spacial score (nSPS) is 11.8. The highest BCUT2D eigenvalue weighted by atomic mass is 19.4. The van der Waals surface area contributed by atoms with Gasteiger partial charge in [-0.1, -0.05) is 26.0 Å². The average Bonchev–Trinajstić information content (AvgIpc) is 2.88. The van der Waals surface area contributed by atoms with Gasteiger partial charge in [0.15, 0.2) is 5.82 Å². The van der Waals surface area contributed by atoms with Crippen LogP contribution in [-0.4, -0.2) is 20.8 Å². The maximum absolute atomic E-state index is 13.1. The average molecular weight is 341 g/mol. The quantitative estimate of drug-likeness (QED) is 0.866. The second-order valence-corrected chi connectivity index (χ2v) is 5.79. The number of para-hydroxylation sites is 1. The van der Waals surface area contributed by atoms with Crippen LogP contribution in [0.3, 0.4) is 0 Å². The second-order valence-electron chi connectivity index (χ2n) is 5.79. The molecule has 0 spiro atoms. The van der Waals surface area contributed by atoms with Gasteiger partial charge in [0.25, 0.3) is 5.91 Å². The van der Waals surface area contributed by atoms with E-state index in [9.17, 15) is 23.1 Å². The van der Waals surface area contributed by atoms with Gasteiger partial charge in [0, 0.05) is 12.6 Å². The van der Waals surface area contributed by atoms with Crippen LogP contribution in [0.4, 0.5) is 19.0 Å². The molecule has 0 saturated heterocycles. The molecule has 1 aromatic heterocycles. The maximum atomic E-state index is 13.1. The van der Waals surface area contributed by atoms with E-state index in [2.05, 4.69) is 10.4 Å². The SMILES string of the molecule is CC(C)CCn1nc(NC(=O)c2ccccc2O)cc1C(F)(F)F. The largest absolute Gasteiger partial charge is 0.507 e. The number of carbonyl (C=O) groups excluding carboxylic acids is 1. The maximum Gasteiger partial charge on any atom is 0.433 e. The third-order valence-electron chi connectivity index (χ3n) is 3.38. The number of halogens is 3. The Kier molecular flexibility index (Phi) is 5.16. The number of benzene rings is 1. The van der Waals surface area contributed by atoms with Gasteiger partial charge in [-0.2, -0.15) is 18.3 Å². The lowest BCUT2D eigenvalue weighted by Gasteiger charge is -2.11. The third-order valence-corrected chi connectivity index (χ3v) is 3.38. The molecule has 2 N–H and O–H groups in total. The number of phenols is 1. The van der Waals surface area contributed by atoms with Gasteiger partial charge in [-0.25, -0.2) is 0 Å². The van der Waals surface area contributed by atoms with Gasteiger partial charge in [-0.15, -0.1) is 0 Å². The van der Waals surface area contributed by atoms with E-state index < -0.39 is 17.8 Å². The number of aryl methyl sites for hydroxylation is 1. The van der Waals surface area contributed by atoms with Crippen LogP contribution >= 0.6 is 0 Å². The van der Waals surface area contributed by atoms with Crippen molar-refractivity contribution in [1.29, 1.82) is 0 Å². The molecule has 0 fully saturated rings. The Labute approximate surface area is 137 Å². The first kappa shape index (κ1) is 17.8. The highest BCUT2D eigenvalue weighted by Gasteiger charge is 2.36. The van der Waals surface area contributed by atoms with Crippen molar-refractivity contribution < 1.29 is 23.1 Å². The number of carbonyl (C=O) groups is 1. The Morgan fingerprint density at radius 2 is 2.00 bits per heavy atom. The van der Waals surface area contributed by atoms with Crippen molar-refractivity contribution >= 4 is 11.7 Å². The molecule has 0 aliphatic rings. The summed E-state index contributed by atoms with van der Waals surface area (Å²) in [5.41, 5.74) is -0.960. The molecule has 0 radical (unpaired) electrons. The molecule has 0 atom stereocenters. The highest BCUT2D eigenvalue weighted by molar-refractivity contribution is 6.05. The molecule has 1 aromatic carbocycles. The number of alkyl halides is 3. The van der Waals surface area contributed by atoms with E-state index >= 15 is 0 Å². The Morgan fingerprint density at radius 3 is 2.58 bits per heavy atom. The van der Waals surface area contributed by atoms with Gasteiger partial charge in [-0.3, -0.25) is 9.48 Å². The van der Waals surface area contributed by atoms with Crippen molar-refractivity contribution in [3.8, 4) is 5.75 Å². The van der Waals surface area contributed by atoms with Gasteiger partial charge in [0.05, 0.1) is 5.56 Å². The van der Waals surface area contributed by atoms with Crippen LogP contribution in [0.1, 0.15) is 36.3 Å². The standard InChI is InChI=1S/C16H18F3N3O2/c1-10(2)7-8-22-13(16(17,18)19)9-14(21-22)20-15(24)11-5-3-4-6-12(11)23/h3-6,9-10,23H,7-8H2,1-2H3,(H,20,21,24). The summed E-state index contributed by atoms with van der Waals surface area (Å²) in [5.74, 6) is -0.977. The van der Waals surface area contributed by atoms with Crippen LogP contribution < -0.4 is 5.32 Å². The van der Waals surface area contributed by atoms with Crippen LogP contribution in [0.2, 0.25) is 0 Å². The number of nitrogens with zero attached hydrogens (tertiary/aromatic N) is 2.